The minimum absolute atomic E-state index is 0.179. The molecule has 8 heteroatoms. The predicted molar refractivity (Wildman–Crippen MR) is 98.3 cm³/mol. The number of aryl methyl sites for hydroxylation is 1. The predicted octanol–water partition coefficient (Wildman–Crippen LogP) is 2.42. The van der Waals surface area contributed by atoms with E-state index in [9.17, 15) is 9.59 Å². The van der Waals surface area contributed by atoms with Gasteiger partial charge in [-0.2, -0.15) is 0 Å². The highest BCUT2D eigenvalue weighted by Crippen LogP contribution is 2.32. The van der Waals surface area contributed by atoms with Gasteiger partial charge >= 0.3 is 0 Å². The van der Waals surface area contributed by atoms with Gasteiger partial charge in [0, 0.05) is 17.2 Å². The second-order valence-corrected chi connectivity index (χ2v) is 7.30. The third-order valence-electron chi connectivity index (χ3n) is 4.04. The Balaban J connectivity index is 1.61. The molecule has 8 nitrogen and oxygen atoms in total. The first kappa shape index (κ1) is 18.8. The number of benzene rings is 1. The maximum Gasteiger partial charge on any atom is 0.257 e. The van der Waals surface area contributed by atoms with Gasteiger partial charge in [-0.1, -0.05) is 25.9 Å². The fourth-order valence-electron chi connectivity index (χ4n) is 2.73. The second-order valence-electron chi connectivity index (χ2n) is 7.30. The highest BCUT2D eigenvalue weighted by molar-refractivity contribution is 6.00. The molecule has 0 radical (unpaired) electrons. The third-order valence-corrected chi connectivity index (χ3v) is 4.04. The zero-order valence-electron chi connectivity index (χ0n) is 15.8. The van der Waals surface area contributed by atoms with E-state index in [-0.39, 0.29) is 17.9 Å². The number of nitrogens with one attached hydrogen (secondary N) is 2. The van der Waals surface area contributed by atoms with Crippen LogP contribution in [-0.4, -0.2) is 36.7 Å². The quantitative estimate of drug-likeness (QED) is 0.853. The molecular formula is C19H23N3O5. The molecule has 0 atom stereocenters. The topological polar surface area (TPSA) is 103 Å². The summed E-state index contributed by atoms with van der Waals surface area (Å²) in [6.07, 6.45) is 0. The summed E-state index contributed by atoms with van der Waals surface area (Å²) in [4.78, 5) is 24.7. The fourth-order valence-corrected chi connectivity index (χ4v) is 2.73. The Morgan fingerprint density at radius 3 is 2.56 bits per heavy atom. The number of hydrogen-bond donors (Lipinski definition) is 2. The van der Waals surface area contributed by atoms with Gasteiger partial charge in [-0.15, -0.1) is 0 Å². The first-order valence-corrected chi connectivity index (χ1v) is 8.70. The Bertz CT molecular complexity index is 867. The lowest BCUT2D eigenvalue weighted by molar-refractivity contribution is -0.115. The molecule has 2 heterocycles. The molecule has 2 amide bonds. The number of nitrogens with zero attached hydrogens (tertiary/aromatic N) is 1. The summed E-state index contributed by atoms with van der Waals surface area (Å²) < 4.78 is 16.1. The normalized spacial score (nSPS) is 13.2. The molecule has 0 aliphatic carbocycles. The lowest BCUT2D eigenvalue weighted by atomic mass is 9.88. The number of fused-ring (bicyclic) bond motifs is 1. The highest BCUT2D eigenvalue weighted by atomic mass is 16.6. The summed E-state index contributed by atoms with van der Waals surface area (Å²) in [6.45, 7) is 8.28. The average Bonchev–Trinajstić information content (AvgIpc) is 3.01. The Hall–Kier alpha value is -3.03. The molecule has 1 aliphatic rings. The molecule has 3 rings (SSSR count). The standard InChI is InChI=1S/C19H23N3O5/c1-11-16(17(22-27-11)19(2,3)4)18(24)20-10-15(23)21-12-5-6-13-14(9-12)26-8-7-25-13/h5-6,9H,7-8,10H2,1-4H3,(H,20,24)(H,21,23). The smallest absolute Gasteiger partial charge is 0.257 e. The first-order chi connectivity index (χ1) is 12.8. The van der Waals surface area contributed by atoms with Crippen molar-refractivity contribution in [1.82, 2.24) is 10.5 Å². The molecule has 1 aliphatic heterocycles. The first-order valence-electron chi connectivity index (χ1n) is 8.70. The van der Waals surface area contributed by atoms with Crippen LogP contribution in [0, 0.1) is 6.92 Å². The van der Waals surface area contributed by atoms with Gasteiger partial charge in [-0.25, -0.2) is 0 Å². The largest absolute Gasteiger partial charge is 0.486 e. The van der Waals surface area contributed by atoms with Crippen molar-refractivity contribution in [2.24, 2.45) is 0 Å². The maximum absolute atomic E-state index is 12.5. The van der Waals surface area contributed by atoms with Crippen LogP contribution in [0.5, 0.6) is 11.5 Å². The Labute approximate surface area is 157 Å². The molecule has 27 heavy (non-hydrogen) atoms. The molecule has 0 bridgehead atoms. The average molecular weight is 373 g/mol. The van der Waals surface area contributed by atoms with Crippen molar-refractivity contribution in [3.63, 3.8) is 0 Å². The molecule has 0 saturated carbocycles. The third kappa shape index (κ3) is 4.21. The molecule has 0 spiro atoms. The molecule has 0 saturated heterocycles. The van der Waals surface area contributed by atoms with Crippen LogP contribution in [0.4, 0.5) is 5.69 Å². The molecule has 2 aromatic rings. The van der Waals surface area contributed by atoms with Gasteiger partial charge in [0.25, 0.3) is 5.91 Å². The lowest BCUT2D eigenvalue weighted by Gasteiger charge is -2.19. The van der Waals surface area contributed by atoms with E-state index in [1.54, 1.807) is 25.1 Å². The van der Waals surface area contributed by atoms with Crippen molar-refractivity contribution in [2.45, 2.75) is 33.1 Å². The van der Waals surface area contributed by atoms with Crippen LogP contribution < -0.4 is 20.1 Å². The second kappa shape index (κ2) is 7.30. The van der Waals surface area contributed by atoms with E-state index in [1.807, 2.05) is 20.8 Å². The maximum atomic E-state index is 12.5. The summed E-state index contributed by atoms with van der Waals surface area (Å²) >= 11 is 0. The minimum Gasteiger partial charge on any atom is -0.486 e. The Morgan fingerprint density at radius 1 is 1.15 bits per heavy atom. The summed E-state index contributed by atoms with van der Waals surface area (Å²) in [5.41, 5.74) is 1.15. The van der Waals surface area contributed by atoms with Gasteiger partial charge in [0.1, 0.15) is 30.2 Å². The van der Waals surface area contributed by atoms with Crippen molar-refractivity contribution in [1.29, 1.82) is 0 Å². The molecule has 1 aromatic carbocycles. The summed E-state index contributed by atoms with van der Waals surface area (Å²) in [7, 11) is 0. The van der Waals surface area contributed by atoms with E-state index >= 15 is 0 Å². The monoisotopic (exact) mass is 373 g/mol. The van der Waals surface area contributed by atoms with Crippen LogP contribution in [0.1, 0.15) is 42.6 Å². The van der Waals surface area contributed by atoms with Crippen molar-refractivity contribution in [3.8, 4) is 11.5 Å². The zero-order valence-corrected chi connectivity index (χ0v) is 15.8. The summed E-state index contributed by atoms with van der Waals surface area (Å²) in [5, 5.41) is 9.32. The number of carbonyl (C=O) groups is 2. The van der Waals surface area contributed by atoms with E-state index in [4.69, 9.17) is 14.0 Å². The fraction of sp³-hybridized carbons (Fsp3) is 0.421. The zero-order chi connectivity index (χ0) is 19.6. The summed E-state index contributed by atoms with van der Waals surface area (Å²) in [5.74, 6) is 0.898. The van der Waals surface area contributed by atoms with Crippen LogP contribution >= 0.6 is 0 Å². The summed E-state index contributed by atoms with van der Waals surface area (Å²) in [6, 6.07) is 5.14. The Kier molecular flexibility index (Phi) is 5.07. The molecule has 2 N–H and O–H groups in total. The van der Waals surface area contributed by atoms with Crippen molar-refractivity contribution in [3.05, 3.63) is 35.2 Å². The Morgan fingerprint density at radius 2 is 1.85 bits per heavy atom. The van der Waals surface area contributed by atoms with E-state index in [1.165, 1.54) is 0 Å². The van der Waals surface area contributed by atoms with E-state index in [2.05, 4.69) is 15.8 Å². The van der Waals surface area contributed by atoms with Gasteiger partial charge < -0.3 is 24.6 Å². The number of amides is 2. The molecule has 0 unspecified atom stereocenters. The number of aromatic nitrogens is 1. The van der Waals surface area contributed by atoms with Gasteiger partial charge in [-0.3, -0.25) is 9.59 Å². The van der Waals surface area contributed by atoms with Crippen molar-refractivity contribution in [2.75, 3.05) is 25.1 Å². The number of ether oxygens (including phenoxy) is 2. The van der Waals surface area contributed by atoms with Crippen LogP contribution in [0.15, 0.2) is 22.7 Å². The molecular weight excluding hydrogens is 350 g/mol. The van der Waals surface area contributed by atoms with E-state index in [0.29, 0.717) is 47.4 Å². The molecule has 144 valence electrons. The van der Waals surface area contributed by atoms with Crippen LogP contribution in [-0.2, 0) is 10.2 Å². The molecule has 0 fully saturated rings. The van der Waals surface area contributed by atoms with Gasteiger partial charge in [-0.05, 0) is 19.1 Å². The van der Waals surface area contributed by atoms with Crippen LogP contribution in [0.2, 0.25) is 0 Å². The van der Waals surface area contributed by atoms with Crippen molar-refractivity contribution < 1.29 is 23.6 Å². The van der Waals surface area contributed by atoms with E-state index < -0.39 is 5.91 Å². The van der Waals surface area contributed by atoms with Crippen LogP contribution in [0.3, 0.4) is 0 Å². The van der Waals surface area contributed by atoms with Gasteiger partial charge in [0.05, 0.1) is 6.54 Å². The van der Waals surface area contributed by atoms with Crippen molar-refractivity contribution >= 4 is 17.5 Å². The minimum atomic E-state index is -0.393. The van der Waals surface area contributed by atoms with Gasteiger partial charge in [0.2, 0.25) is 5.91 Å². The number of hydrogen-bond acceptors (Lipinski definition) is 6. The number of carbonyl (C=O) groups excluding carboxylic acids is 2. The number of anilines is 1. The molecule has 1 aromatic heterocycles. The number of rotatable bonds is 4. The van der Waals surface area contributed by atoms with Gasteiger partial charge in [0.15, 0.2) is 11.5 Å². The SMILES string of the molecule is Cc1onc(C(C)(C)C)c1C(=O)NCC(=O)Nc1ccc2c(c1)OCCO2. The van der Waals surface area contributed by atoms with Crippen LogP contribution in [0.25, 0.3) is 0 Å². The highest BCUT2D eigenvalue weighted by Gasteiger charge is 2.29. The van der Waals surface area contributed by atoms with E-state index in [0.717, 1.165) is 0 Å². The lowest BCUT2D eigenvalue weighted by Crippen LogP contribution is -2.34.